The molecule has 1 saturated carbocycles. The summed E-state index contributed by atoms with van der Waals surface area (Å²) in [6.45, 7) is 6.68. The smallest absolute Gasteiger partial charge is 0.307 e. The Balaban J connectivity index is 1.98. The van der Waals surface area contributed by atoms with E-state index in [1.165, 1.54) is 0 Å². The van der Waals surface area contributed by atoms with Crippen LogP contribution in [0, 0.1) is 17.3 Å². The summed E-state index contributed by atoms with van der Waals surface area (Å²) in [5.41, 5.74) is -0.324. The Hall–Kier alpha value is -1.10. The number of amides is 1. The van der Waals surface area contributed by atoms with Crippen molar-refractivity contribution in [3.8, 4) is 0 Å². The average Bonchev–Trinajstić information content (AvgIpc) is 2.44. The molecule has 5 nitrogen and oxygen atoms in total. The first-order chi connectivity index (χ1) is 9.84. The first kappa shape index (κ1) is 16.3. The highest BCUT2D eigenvalue weighted by atomic mass is 16.5. The van der Waals surface area contributed by atoms with E-state index in [2.05, 4.69) is 5.32 Å². The van der Waals surface area contributed by atoms with Gasteiger partial charge in [0.05, 0.1) is 5.92 Å². The minimum absolute atomic E-state index is 0.0314. The molecule has 0 aromatic carbocycles. The molecule has 0 aromatic heterocycles. The highest BCUT2D eigenvalue weighted by Gasteiger charge is 2.46. The van der Waals surface area contributed by atoms with Gasteiger partial charge in [0, 0.05) is 12.6 Å². The first-order valence-corrected chi connectivity index (χ1v) is 7.99. The molecule has 0 aromatic rings. The van der Waals surface area contributed by atoms with Crippen LogP contribution in [0.4, 0.5) is 0 Å². The van der Waals surface area contributed by atoms with Gasteiger partial charge >= 0.3 is 5.97 Å². The predicted molar refractivity (Wildman–Crippen MR) is 78.8 cm³/mol. The Morgan fingerprint density at radius 3 is 2.48 bits per heavy atom. The Morgan fingerprint density at radius 1 is 1.19 bits per heavy atom. The highest BCUT2D eigenvalue weighted by molar-refractivity contribution is 5.81. The van der Waals surface area contributed by atoms with Gasteiger partial charge in [-0.15, -0.1) is 0 Å². The molecular weight excluding hydrogens is 270 g/mol. The molecule has 0 radical (unpaired) electrons. The second kappa shape index (κ2) is 6.34. The van der Waals surface area contributed by atoms with E-state index in [1.54, 1.807) is 0 Å². The maximum absolute atomic E-state index is 12.3. The average molecular weight is 297 g/mol. The number of carboxylic acid groups (broad SMARTS) is 1. The first-order valence-electron chi connectivity index (χ1n) is 7.99. The zero-order chi connectivity index (χ0) is 15.6. The lowest BCUT2D eigenvalue weighted by Gasteiger charge is -2.46. The minimum atomic E-state index is -0.729. The molecule has 5 heteroatoms. The molecule has 0 bridgehead atoms. The number of carboxylic acids is 1. The number of nitrogens with one attached hydrogen (secondary N) is 1. The zero-order valence-electron chi connectivity index (χ0n) is 13.2. The summed E-state index contributed by atoms with van der Waals surface area (Å²) < 4.78 is 5.52. The number of hydrogen-bond donors (Lipinski definition) is 2. The van der Waals surface area contributed by atoms with E-state index in [4.69, 9.17) is 4.74 Å². The van der Waals surface area contributed by atoms with E-state index < -0.39 is 5.97 Å². The van der Waals surface area contributed by atoms with Crippen molar-refractivity contribution >= 4 is 11.9 Å². The highest BCUT2D eigenvalue weighted by Crippen LogP contribution is 2.45. The van der Waals surface area contributed by atoms with E-state index in [0.717, 1.165) is 25.7 Å². The van der Waals surface area contributed by atoms with Gasteiger partial charge in [-0.05, 0) is 43.4 Å². The van der Waals surface area contributed by atoms with Gasteiger partial charge in [-0.3, -0.25) is 9.59 Å². The zero-order valence-corrected chi connectivity index (χ0v) is 13.2. The SMILES string of the molecule is CC1C(NC(=O)C2CCCCO2)CCC(C(=O)O)C1(C)C. The third-order valence-corrected chi connectivity index (χ3v) is 5.54. The summed E-state index contributed by atoms with van der Waals surface area (Å²) >= 11 is 0. The number of aliphatic carboxylic acids is 1. The van der Waals surface area contributed by atoms with Crippen molar-refractivity contribution in [2.75, 3.05) is 6.61 Å². The fourth-order valence-corrected chi connectivity index (χ4v) is 3.67. The van der Waals surface area contributed by atoms with Gasteiger partial charge in [-0.25, -0.2) is 0 Å². The summed E-state index contributed by atoms with van der Waals surface area (Å²) in [5, 5.41) is 12.5. The van der Waals surface area contributed by atoms with Crippen molar-refractivity contribution in [2.24, 2.45) is 17.3 Å². The van der Waals surface area contributed by atoms with E-state index in [0.29, 0.717) is 13.0 Å². The van der Waals surface area contributed by atoms with Crippen LogP contribution in [0.25, 0.3) is 0 Å². The number of carbonyl (C=O) groups excluding carboxylic acids is 1. The lowest BCUT2D eigenvalue weighted by Crippen LogP contribution is -2.54. The van der Waals surface area contributed by atoms with Gasteiger partial charge in [-0.1, -0.05) is 20.8 Å². The molecule has 4 unspecified atom stereocenters. The molecule has 120 valence electrons. The van der Waals surface area contributed by atoms with Crippen LogP contribution < -0.4 is 5.32 Å². The van der Waals surface area contributed by atoms with Gasteiger partial charge in [0.25, 0.3) is 0 Å². The molecule has 2 aliphatic rings. The largest absolute Gasteiger partial charge is 0.481 e. The molecule has 2 fully saturated rings. The molecule has 2 N–H and O–H groups in total. The van der Waals surface area contributed by atoms with Crippen LogP contribution in [0.3, 0.4) is 0 Å². The number of ether oxygens (including phenoxy) is 1. The third-order valence-electron chi connectivity index (χ3n) is 5.54. The molecule has 1 saturated heterocycles. The minimum Gasteiger partial charge on any atom is -0.481 e. The van der Waals surface area contributed by atoms with Crippen molar-refractivity contribution in [1.29, 1.82) is 0 Å². The van der Waals surface area contributed by atoms with Gasteiger partial charge in [0.15, 0.2) is 0 Å². The lowest BCUT2D eigenvalue weighted by atomic mass is 9.61. The number of carbonyl (C=O) groups is 2. The fraction of sp³-hybridized carbons (Fsp3) is 0.875. The van der Waals surface area contributed by atoms with E-state index in [-0.39, 0.29) is 35.3 Å². The van der Waals surface area contributed by atoms with E-state index in [1.807, 2.05) is 20.8 Å². The third kappa shape index (κ3) is 3.39. The molecule has 1 amide bonds. The number of rotatable bonds is 3. The molecular formula is C16H27NO4. The van der Waals surface area contributed by atoms with Gasteiger partial charge < -0.3 is 15.2 Å². The van der Waals surface area contributed by atoms with E-state index >= 15 is 0 Å². The normalized spacial score (nSPS) is 36.0. The molecule has 4 atom stereocenters. The Bertz CT molecular complexity index is 401. The van der Waals surface area contributed by atoms with Crippen LogP contribution in [0.15, 0.2) is 0 Å². The van der Waals surface area contributed by atoms with Crippen LogP contribution in [0.1, 0.15) is 52.9 Å². The Labute approximate surface area is 126 Å². The van der Waals surface area contributed by atoms with Crippen LogP contribution in [-0.4, -0.2) is 35.7 Å². The second-order valence-corrected chi connectivity index (χ2v) is 7.05. The Kier molecular flexibility index (Phi) is 4.91. The lowest BCUT2D eigenvalue weighted by molar-refractivity contribution is -0.151. The summed E-state index contributed by atoms with van der Waals surface area (Å²) in [5.74, 6) is -0.977. The molecule has 0 spiro atoms. The van der Waals surface area contributed by atoms with Gasteiger partial charge in [-0.2, -0.15) is 0 Å². The molecule has 1 heterocycles. The maximum atomic E-state index is 12.3. The van der Waals surface area contributed by atoms with Gasteiger partial charge in [0.2, 0.25) is 5.91 Å². The van der Waals surface area contributed by atoms with Crippen LogP contribution in [0.2, 0.25) is 0 Å². The molecule has 1 aliphatic heterocycles. The monoisotopic (exact) mass is 297 g/mol. The summed E-state index contributed by atoms with van der Waals surface area (Å²) in [4.78, 5) is 23.7. The molecule has 1 aliphatic carbocycles. The van der Waals surface area contributed by atoms with Crippen molar-refractivity contribution in [2.45, 2.75) is 65.0 Å². The van der Waals surface area contributed by atoms with Crippen molar-refractivity contribution in [1.82, 2.24) is 5.32 Å². The summed E-state index contributed by atoms with van der Waals surface area (Å²) in [7, 11) is 0. The van der Waals surface area contributed by atoms with Crippen LogP contribution in [0.5, 0.6) is 0 Å². The summed E-state index contributed by atoms with van der Waals surface area (Å²) in [6, 6.07) is 0.0358. The van der Waals surface area contributed by atoms with E-state index in [9.17, 15) is 14.7 Å². The quantitative estimate of drug-likeness (QED) is 0.837. The van der Waals surface area contributed by atoms with Crippen molar-refractivity contribution in [3.63, 3.8) is 0 Å². The topological polar surface area (TPSA) is 75.6 Å². The van der Waals surface area contributed by atoms with Crippen molar-refractivity contribution < 1.29 is 19.4 Å². The molecule has 2 rings (SSSR count). The molecule has 21 heavy (non-hydrogen) atoms. The summed E-state index contributed by atoms with van der Waals surface area (Å²) in [6.07, 6.45) is 3.85. The fourth-order valence-electron chi connectivity index (χ4n) is 3.67. The van der Waals surface area contributed by atoms with Crippen molar-refractivity contribution in [3.05, 3.63) is 0 Å². The van der Waals surface area contributed by atoms with Crippen LogP contribution >= 0.6 is 0 Å². The number of hydrogen-bond acceptors (Lipinski definition) is 3. The Morgan fingerprint density at radius 2 is 1.90 bits per heavy atom. The standard InChI is InChI=1S/C16H27NO4/c1-10-12(8-7-11(15(19)20)16(10,2)3)17-14(18)13-6-4-5-9-21-13/h10-13H,4-9H2,1-3H3,(H,17,18)(H,19,20). The van der Waals surface area contributed by atoms with Gasteiger partial charge in [0.1, 0.15) is 6.10 Å². The van der Waals surface area contributed by atoms with Crippen LogP contribution in [-0.2, 0) is 14.3 Å². The second-order valence-electron chi connectivity index (χ2n) is 7.05. The maximum Gasteiger partial charge on any atom is 0.307 e. The predicted octanol–water partition coefficient (Wildman–Crippen LogP) is 2.20.